The lowest BCUT2D eigenvalue weighted by molar-refractivity contribution is 0.371. The third-order valence-corrected chi connectivity index (χ3v) is 3.04. The van der Waals surface area contributed by atoms with E-state index in [2.05, 4.69) is 63.4 Å². The molecule has 0 N–H and O–H groups in total. The minimum absolute atomic E-state index is 0.455. The molecule has 2 nitrogen and oxygen atoms in total. The molecule has 17 heavy (non-hydrogen) atoms. The van der Waals surface area contributed by atoms with E-state index in [1.807, 2.05) is 13.0 Å². The minimum Gasteiger partial charge on any atom is -0.481 e. The zero-order chi connectivity index (χ0) is 12.1. The second-order valence-corrected chi connectivity index (χ2v) is 4.71. The maximum Gasteiger partial charge on any atom is 0.149 e. The Morgan fingerprint density at radius 2 is 2.24 bits per heavy atom. The molecule has 0 atom stereocenters. The fourth-order valence-electron chi connectivity index (χ4n) is 1.75. The lowest BCUT2D eigenvalue weighted by Gasteiger charge is -2.04. The van der Waals surface area contributed by atoms with E-state index in [4.69, 9.17) is 4.74 Å². The van der Waals surface area contributed by atoms with Crippen molar-refractivity contribution in [2.24, 2.45) is 0 Å². The molecule has 1 heterocycles. The van der Waals surface area contributed by atoms with Gasteiger partial charge in [-0.3, -0.25) is 0 Å². The average Bonchev–Trinajstić information content (AvgIpc) is 2.73. The van der Waals surface area contributed by atoms with Crippen LogP contribution in [-0.4, -0.2) is 15.6 Å². The summed E-state index contributed by atoms with van der Waals surface area (Å²) in [6.45, 7) is 3.32. The summed E-state index contributed by atoms with van der Waals surface area (Å²) in [5.74, 6) is 6.59. The van der Waals surface area contributed by atoms with Crippen LogP contribution in [0, 0.1) is 11.8 Å². The van der Waals surface area contributed by atoms with E-state index in [-0.39, 0.29) is 0 Å². The third kappa shape index (κ3) is 2.95. The zero-order valence-corrected chi connectivity index (χ0v) is 11.9. The fraction of sp³-hybridized carbons (Fsp3) is 0.286. The molecule has 1 aromatic heterocycles. The van der Waals surface area contributed by atoms with Gasteiger partial charge in [0.2, 0.25) is 0 Å². The van der Waals surface area contributed by atoms with Gasteiger partial charge in [-0.05, 0) is 31.2 Å². The van der Waals surface area contributed by atoms with Crippen LogP contribution < -0.4 is 4.74 Å². The topological polar surface area (TPSA) is 14.2 Å². The van der Waals surface area contributed by atoms with Gasteiger partial charge >= 0.3 is 0 Å². The molecule has 2 rings (SSSR count). The highest BCUT2D eigenvalue weighted by Gasteiger charge is 2.01. The van der Waals surface area contributed by atoms with E-state index in [1.54, 1.807) is 0 Å². The van der Waals surface area contributed by atoms with Crippen molar-refractivity contribution in [2.75, 3.05) is 11.0 Å². The zero-order valence-electron chi connectivity index (χ0n) is 9.74. The molecule has 0 unspecified atom stereocenters. The van der Waals surface area contributed by atoms with Crippen LogP contribution in [-0.2, 0) is 6.54 Å². The first-order chi connectivity index (χ1) is 8.35. The summed E-state index contributed by atoms with van der Waals surface area (Å²) in [7, 11) is 0. The number of fused-ring (bicyclic) bond motifs is 1. The number of benzene rings is 1. The molecular weight excluding hydrogens is 325 g/mol. The fourth-order valence-corrected chi connectivity index (χ4v) is 2.27. The Morgan fingerprint density at radius 3 is 3.00 bits per heavy atom. The number of halogens is 1. The first-order valence-corrected chi connectivity index (χ1v) is 7.05. The highest BCUT2D eigenvalue weighted by molar-refractivity contribution is 14.1. The molecule has 0 fully saturated rings. The number of aromatic nitrogens is 1. The Hall–Kier alpha value is -1.15. The average molecular weight is 339 g/mol. The van der Waals surface area contributed by atoms with E-state index in [1.165, 1.54) is 10.9 Å². The lowest BCUT2D eigenvalue weighted by atomic mass is 10.2. The van der Waals surface area contributed by atoms with Crippen LogP contribution in [0.2, 0.25) is 0 Å². The van der Waals surface area contributed by atoms with Crippen molar-refractivity contribution >= 4 is 33.5 Å². The molecule has 3 heteroatoms. The third-order valence-electron chi connectivity index (χ3n) is 2.56. The molecular formula is C14H14INO. The van der Waals surface area contributed by atoms with Gasteiger partial charge in [0.25, 0.3) is 0 Å². The van der Waals surface area contributed by atoms with Gasteiger partial charge in [0.05, 0.1) is 0 Å². The largest absolute Gasteiger partial charge is 0.481 e. The number of hydrogen-bond acceptors (Lipinski definition) is 1. The van der Waals surface area contributed by atoms with Crippen molar-refractivity contribution in [1.82, 2.24) is 4.57 Å². The Balaban J connectivity index is 2.22. The number of rotatable bonds is 4. The summed E-state index contributed by atoms with van der Waals surface area (Å²) in [5.41, 5.74) is 1.26. The number of hydrogen-bond donors (Lipinski definition) is 0. The number of aryl methyl sites for hydroxylation is 1. The molecule has 1 aromatic carbocycles. The molecule has 0 aliphatic heterocycles. The maximum absolute atomic E-state index is 5.54. The molecule has 0 radical (unpaired) electrons. The number of alkyl halides is 1. The monoisotopic (exact) mass is 339 g/mol. The van der Waals surface area contributed by atoms with Crippen molar-refractivity contribution in [3.63, 3.8) is 0 Å². The molecule has 0 aliphatic carbocycles. The van der Waals surface area contributed by atoms with Crippen LogP contribution in [0.25, 0.3) is 10.9 Å². The first-order valence-electron chi connectivity index (χ1n) is 5.52. The number of ether oxygens (including phenoxy) is 1. The molecule has 0 aliphatic rings. The van der Waals surface area contributed by atoms with Gasteiger partial charge in [0.15, 0.2) is 0 Å². The molecule has 0 spiro atoms. The van der Waals surface area contributed by atoms with Crippen LogP contribution in [0.5, 0.6) is 5.75 Å². The van der Waals surface area contributed by atoms with E-state index < -0.39 is 0 Å². The maximum atomic E-state index is 5.54. The Labute approximate surface area is 115 Å². The lowest BCUT2D eigenvalue weighted by Crippen LogP contribution is -1.96. The van der Waals surface area contributed by atoms with Crippen molar-refractivity contribution < 1.29 is 4.74 Å². The summed E-state index contributed by atoms with van der Waals surface area (Å²) < 4.78 is 8.92. The first kappa shape index (κ1) is 12.3. The highest BCUT2D eigenvalue weighted by Crippen LogP contribution is 2.22. The summed E-state index contributed by atoms with van der Waals surface area (Å²) >= 11 is 2.39. The van der Waals surface area contributed by atoms with Gasteiger partial charge < -0.3 is 9.30 Å². The SMILES string of the molecule is CC#CCOc1ccc2c(ccn2CCI)c1. The summed E-state index contributed by atoms with van der Waals surface area (Å²) in [6.07, 6.45) is 2.12. The van der Waals surface area contributed by atoms with E-state index in [0.29, 0.717) is 6.61 Å². The van der Waals surface area contributed by atoms with Crippen LogP contribution in [0.3, 0.4) is 0 Å². The van der Waals surface area contributed by atoms with Crippen LogP contribution in [0.4, 0.5) is 0 Å². The molecule has 88 valence electrons. The van der Waals surface area contributed by atoms with Crippen molar-refractivity contribution in [1.29, 1.82) is 0 Å². The standard InChI is InChI=1S/C14H14INO/c1-2-3-10-17-13-4-5-14-12(11-13)6-8-16(14)9-7-15/h4-6,8,11H,7,9-10H2,1H3. The van der Waals surface area contributed by atoms with Gasteiger partial charge in [-0.1, -0.05) is 28.5 Å². The smallest absolute Gasteiger partial charge is 0.149 e. The molecule has 0 saturated carbocycles. The van der Waals surface area contributed by atoms with Gasteiger partial charge in [-0.15, -0.1) is 5.92 Å². The van der Waals surface area contributed by atoms with Gasteiger partial charge in [-0.2, -0.15) is 0 Å². The number of nitrogens with zero attached hydrogens (tertiary/aromatic N) is 1. The van der Waals surface area contributed by atoms with Crippen molar-refractivity contribution in [3.8, 4) is 17.6 Å². The van der Waals surface area contributed by atoms with Crippen LogP contribution >= 0.6 is 22.6 Å². The second-order valence-electron chi connectivity index (χ2n) is 3.63. The van der Waals surface area contributed by atoms with E-state index in [0.717, 1.165) is 16.7 Å². The minimum atomic E-state index is 0.455. The quantitative estimate of drug-likeness (QED) is 0.473. The van der Waals surface area contributed by atoms with Crippen molar-refractivity contribution in [2.45, 2.75) is 13.5 Å². The van der Waals surface area contributed by atoms with Crippen LogP contribution in [0.15, 0.2) is 30.5 Å². The highest BCUT2D eigenvalue weighted by atomic mass is 127. The predicted octanol–water partition coefficient (Wildman–Crippen LogP) is 3.48. The van der Waals surface area contributed by atoms with Gasteiger partial charge in [0, 0.05) is 28.1 Å². The van der Waals surface area contributed by atoms with Crippen LogP contribution in [0.1, 0.15) is 6.92 Å². The molecule has 0 saturated heterocycles. The van der Waals surface area contributed by atoms with Gasteiger partial charge in [0.1, 0.15) is 12.4 Å². The Bertz CT molecular complexity index is 562. The summed E-state index contributed by atoms with van der Waals surface area (Å²) in [5, 5.41) is 1.22. The molecule has 2 aromatic rings. The summed E-state index contributed by atoms with van der Waals surface area (Å²) in [4.78, 5) is 0. The van der Waals surface area contributed by atoms with Crippen molar-refractivity contribution in [3.05, 3.63) is 30.5 Å². The van der Waals surface area contributed by atoms with Gasteiger partial charge in [-0.25, -0.2) is 0 Å². The second kappa shape index (κ2) is 5.97. The molecule has 0 bridgehead atoms. The van der Waals surface area contributed by atoms with E-state index >= 15 is 0 Å². The predicted molar refractivity (Wildman–Crippen MR) is 79.8 cm³/mol. The summed E-state index contributed by atoms with van der Waals surface area (Å²) in [6, 6.07) is 8.30. The Kier molecular flexibility index (Phi) is 4.32. The molecule has 0 amide bonds. The Morgan fingerprint density at radius 1 is 1.35 bits per heavy atom. The normalized spacial score (nSPS) is 10.0. The van der Waals surface area contributed by atoms with E-state index in [9.17, 15) is 0 Å².